The number of nitrogens with one attached hydrogen (secondary N) is 4. The Balaban J connectivity index is 0.000000193. The predicted octanol–water partition coefficient (Wildman–Crippen LogP) is 12.1. The van der Waals surface area contributed by atoms with E-state index in [1.165, 1.54) is 5.56 Å². The molecule has 0 bridgehead atoms. The van der Waals surface area contributed by atoms with Crippen LogP contribution in [0.3, 0.4) is 0 Å². The summed E-state index contributed by atoms with van der Waals surface area (Å²) in [5.41, 5.74) is 10.3. The summed E-state index contributed by atoms with van der Waals surface area (Å²) in [6.07, 6.45) is 2.54. The molecule has 8 aromatic rings. The Kier molecular flexibility index (Phi) is 12.6. The largest absolute Gasteiger partial charge is 0.489 e. The van der Waals surface area contributed by atoms with Gasteiger partial charge in [-0.2, -0.15) is 10.2 Å². The maximum Gasteiger partial charge on any atom is 0.225 e. The minimum atomic E-state index is -0.0345. The van der Waals surface area contributed by atoms with Crippen molar-refractivity contribution in [2.24, 2.45) is 0 Å². The van der Waals surface area contributed by atoms with Crippen molar-refractivity contribution >= 4 is 56.9 Å². The normalized spacial score (nSPS) is 10.9. The number of anilines is 2. The number of hydrogen-bond donors (Lipinski definition) is 4. The Hall–Kier alpha value is -6.71. The molecule has 0 saturated carbocycles. The van der Waals surface area contributed by atoms with Gasteiger partial charge in [-0.25, -0.2) is 0 Å². The molecule has 0 aliphatic rings. The summed E-state index contributed by atoms with van der Waals surface area (Å²) in [6.45, 7) is 6.53. The smallest absolute Gasteiger partial charge is 0.225 e. The van der Waals surface area contributed by atoms with Gasteiger partial charge in [0, 0.05) is 29.2 Å². The van der Waals surface area contributed by atoms with Gasteiger partial charge in [-0.15, -0.1) is 0 Å². The minimum Gasteiger partial charge on any atom is -0.489 e. The topological polar surface area (TPSA) is 125 Å². The van der Waals surface area contributed by atoms with Crippen LogP contribution in [0, 0.1) is 6.92 Å². The second kappa shape index (κ2) is 18.5. The molecule has 10 heteroatoms. The van der Waals surface area contributed by atoms with Crippen molar-refractivity contribution in [2.45, 2.75) is 53.1 Å². The average Bonchev–Trinajstić information content (AvgIpc) is 3.83. The molecule has 0 unspecified atom stereocenters. The van der Waals surface area contributed by atoms with E-state index in [0.717, 1.165) is 79.3 Å². The molecule has 4 N–H and O–H groups in total. The van der Waals surface area contributed by atoms with E-state index in [0.29, 0.717) is 36.1 Å². The number of carbonyl (C=O) groups excluding carboxylic acids is 2. The van der Waals surface area contributed by atoms with E-state index in [4.69, 9.17) is 16.3 Å². The number of aromatic nitrogens is 4. The number of hydrogen-bond acceptors (Lipinski definition) is 5. The van der Waals surface area contributed by atoms with Crippen LogP contribution in [0.2, 0.25) is 5.02 Å². The van der Waals surface area contributed by atoms with E-state index >= 15 is 0 Å². The van der Waals surface area contributed by atoms with E-state index in [1.807, 2.05) is 93.6 Å². The monoisotopic (exact) mass is 788 g/mol. The molecule has 0 radical (unpaired) electrons. The van der Waals surface area contributed by atoms with Gasteiger partial charge >= 0.3 is 0 Å². The SMILES string of the molecule is CCCC(=O)Nc1n[nH]c2cc(-c3ccc(OCc4ccccc4)cc3)c(-c3ccccc3)cc12.CCCC(=O)Nc1n[nH]c2cc(Cl)c(-c3ccc(C)cc3)cc12. The summed E-state index contributed by atoms with van der Waals surface area (Å²) in [4.78, 5) is 24.0. The summed E-state index contributed by atoms with van der Waals surface area (Å²) in [5, 5.41) is 22.8. The average molecular weight is 789 g/mol. The standard InChI is InChI=1S/C30H27N3O2.C18H18ClN3O/c1-2-9-29(34)31-30-27-18-25(22-12-7-4-8-13-22)26(19-28(27)32-33-30)23-14-16-24(17-15-23)35-20-21-10-5-3-6-11-21;1-3-4-17(23)20-18-14-9-13(12-7-5-11(2)6-8-12)15(19)10-16(14)21-22-18/h3-8,10-19H,2,9,20H2,1H3,(H2,31,32,33,34);5-10H,3-4H2,1-2H3,(H2,20,21,22,23). The van der Waals surface area contributed by atoms with Crippen molar-refractivity contribution in [3.05, 3.63) is 150 Å². The molecule has 2 aromatic heterocycles. The highest BCUT2D eigenvalue weighted by Crippen LogP contribution is 2.38. The number of aryl methyl sites for hydroxylation is 1. The van der Waals surface area contributed by atoms with Crippen LogP contribution >= 0.6 is 11.6 Å². The fourth-order valence-corrected chi connectivity index (χ4v) is 6.93. The van der Waals surface area contributed by atoms with Crippen LogP contribution in [-0.4, -0.2) is 32.2 Å². The van der Waals surface area contributed by atoms with Gasteiger partial charge in [0.1, 0.15) is 12.4 Å². The summed E-state index contributed by atoms with van der Waals surface area (Å²) in [7, 11) is 0. The summed E-state index contributed by atoms with van der Waals surface area (Å²) in [6, 6.07) is 44.7. The maximum absolute atomic E-state index is 12.2. The molecule has 8 rings (SSSR count). The van der Waals surface area contributed by atoms with Crippen LogP contribution in [0.15, 0.2) is 133 Å². The van der Waals surface area contributed by atoms with Gasteiger partial charge in [-0.3, -0.25) is 19.8 Å². The van der Waals surface area contributed by atoms with Crippen molar-refractivity contribution in [3.63, 3.8) is 0 Å². The van der Waals surface area contributed by atoms with E-state index in [1.54, 1.807) is 0 Å². The van der Waals surface area contributed by atoms with Gasteiger partial charge in [0.2, 0.25) is 11.8 Å². The van der Waals surface area contributed by atoms with E-state index in [9.17, 15) is 9.59 Å². The van der Waals surface area contributed by atoms with Crippen LogP contribution in [-0.2, 0) is 16.2 Å². The fraction of sp³-hybridized carbons (Fsp3) is 0.167. The zero-order chi connectivity index (χ0) is 40.4. The van der Waals surface area contributed by atoms with Crippen LogP contribution in [0.4, 0.5) is 11.6 Å². The van der Waals surface area contributed by atoms with E-state index < -0.39 is 0 Å². The maximum atomic E-state index is 12.2. The molecular formula is C48H45ClN6O3. The van der Waals surface area contributed by atoms with E-state index in [2.05, 4.69) is 91.7 Å². The number of halogens is 1. The van der Waals surface area contributed by atoms with Gasteiger partial charge in [0.05, 0.1) is 16.1 Å². The first kappa shape index (κ1) is 39.5. The quantitative estimate of drug-likeness (QED) is 0.0981. The Morgan fingerprint density at radius 3 is 1.67 bits per heavy atom. The first-order valence-electron chi connectivity index (χ1n) is 19.5. The summed E-state index contributed by atoms with van der Waals surface area (Å²) < 4.78 is 5.97. The number of nitrogens with zero attached hydrogens (tertiary/aromatic N) is 2. The van der Waals surface area contributed by atoms with Crippen molar-refractivity contribution in [1.82, 2.24) is 20.4 Å². The third kappa shape index (κ3) is 9.45. The lowest BCUT2D eigenvalue weighted by molar-refractivity contribution is -0.117. The highest BCUT2D eigenvalue weighted by molar-refractivity contribution is 6.34. The number of amides is 2. The molecule has 292 valence electrons. The van der Waals surface area contributed by atoms with Crippen LogP contribution in [0.1, 0.15) is 50.7 Å². The number of fused-ring (bicyclic) bond motifs is 2. The zero-order valence-corrected chi connectivity index (χ0v) is 33.5. The molecular weight excluding hydrogens is 744 g/mol. The molecule has 0 aliphatic carbocycles. The van der Waals surface area contributed by atoms with Gasteiger partial charge in [0.25, 0.3) is 0 Å². The Bertz CT molecular complexity index is 2640. The molecule has 0 atom stereocenters. The van der Waals surface area contributed by atoms with Gasteiger partial charge < -0.3 is 15.4 Å². The van der Waals surface area contributed by atoms with Crippen LogP contribution in [0.5, 0.6) is 5.75 Å². The van der Waals surface area contributed by atoms with Gasteiger partial charge in [0.15, 0.2) is 11.6 Å². The first-order valence-corrected chi connectivity index (χ1v) is 19.9. The number of H-pyrrole nitrogens is 2. The molecule has 2 heterocycles. The molecule has 2 amide bonds. The van der Waals surface area contributed by atoms with Crippen molar-refractivity contribution in [1.29, 1.82) is 0 Å². The lowest BCUT2D eigenvalue weighted by Crippen LogP contribution is -2.11. The number of carbonyl (C=O) groups is 2. The van der Waals surface area contributed by atoms with Crippen LogP contribution < -0.4 is 15.4 Å². The molecule has 6 aromatic carbocycles. The molecule has 0 spiro atoms. The molecule has 0 saturated heterocycles. The Labute approximate surface area is 342 Å². The number of benzene rings is 6. The van der Waals surface area contributed by atoms with Gasteiger partial charge in [-0.05, 0) is 89.5 Å². The highest BCUT2D eigenvalue weighted by Gasteiger charge is 2.16. The zero-order valence-electron chi connectivity index (χ0n) is 32.7. The van der Waals surface area contributed by atoms with Crippen molar-refractivity contribution in [3.8, 4) is 39.1 Å². The highest BCUT2D eigenvalue weighted by atomic mass is 35.5. The minimum absolute atomic E-state index is 0.0303. The third-order valence-electron chi connectivity index (χ3n) is 9.68. The van der Waals surface area contributed by atoms with Crippen molar-refractivity contribution in [2.75, 3.05) is 10.6 Å². The summed E-state index contributed by atoms with van der Waals surface area (Å²) in [5.74, 6) is 1.86. The van der Waals surface area contributed by atoms with Gasteiger partial charge in [-0.1, -0.05) is 128 Å². The fourth-order valence-electron chi connectivity index (χ4n) is 6.66. The second-order valence-electron chi connectivity index (χ2n) is 14.1. The third-order valence-corrected chi connectivity index (χ3v) is 9.99. The predicted molar refractivity (Wildman–Crippen MR) is 236 cm³/mol. The molecule has 58 heavy (non-hydrogen) atoms. The molecule has 0 fully saturated rings. The Morgan fingerprint density at radius 2 is 1.09 bits per heavy atom. The molecule has 9 nitrogen and oxygen atoms in total. The Morgan fingerprint density at radius 1 is 0.603 bits per heavy atom. The number of rotatable bonds is 12. The van der Waals surface area contributed by atoms with E-state index in [-0.39, 0.29) is 11.8 Å². The first-order chi connectivity index (χ1) is 28.3. The van der Waals surface area contributed by atoms with Crippen molar-refractivity contribution < 1.29 is 14.3 Å². The summed E-state index contributed by atoms with van der Waals surface area (Å²) >= 11 is 6.41. The van der Waals surface area contributed by atoms with Crippen LogP contribution in [0.25, 0.3) is 55.2 Å². The second-order valence-corrected chi connectivity index (χ2v) is 14.5. The molecule has 0 aliphatic heterocycles. The lowest BCUT2D eigenvalue weighted by atomic mass is 9.93. The lowest BCUT2D eigenvalue weighted by Gasteiger charge is -2.13. The number of aromatic amines is 2. The number of ether oxygens (including phenoxy) is 1.